The Balaban J connectivity index is 1.40. The number of aromatic nitrogens is 2. The topological polar surface area (TPSA) is 69.9 Å². The molecule has 2 aromatic heterocycles. The van der Waals surface area contributed by atoms with Gasteiger partial charge in [0.1, 0.15) is 12.4 Å². The number of carbonyl (C=O) groups is 1. The van der Waals surface area contributed by atoms with Crippen molar-refractivity contribution in [3.05, 3.63) is 62.5 Å². The number of hydrogen-bond donors (Lipinski definition) is 0. The summed E-state index contributed by atoms with van der Waals surface area (Å²) in [5, 5.41) is 0. The van der Waals surface area contributed by atoms with Crippen molar-refractivity contribution in [3.8, 4) is 5.75 Å². The van der Waals surface area contributed by atoms with Gasteiger partial charge in [0.2, 0.25) is 0 Å². The highest BCUT2D eigenvalue weighted by Gasteiger charge is 2.18. The second-order valence-electron chi connectivity index (χ2n) is 6.65. The summed E-state index contributed by atoms with van der Waals surface area (Å²) in [6, 6.07) is 8.87. The van der Waals surface area contributed by atoms with E-state index >= 15 is 0 Å². The van der Waals surface area contributed by atoms with Crippen molar-refractivity contribution >= 4 is 22.3 Å². The van der Waals surface area contributed by atoms with Crippen molar-refractivity contribution in [2.24, 2.45) is 0 Å². The van der Waals surface area contributed by atoms with E-state index in [0.717, 1.165) is 36.9 Å². The number of nitrogens with zero attached hydrogens (tertiary/aromatic N) is 2. The minimum atomic E-state index is -0.497. The van der Waals surface area contributed by atoms with Gasteiger partial charge in [-0.05, 0) is 44.7 Å². The maximum Gasteiger partial charge on any atom is 0.344 e. The van der Waals surface area contributed by atoms with Crippen LogP contribution in [0, 0.1) is 6.92 Å². The van der Waals surface area contributed by atoms with E-state index in [-0.39, 0.29) is 18.8 Å². The summed E-state index contributed by atoms with van der Waals surface area (Å²) in [5.74, 6) is 0.113. The number of esters is 1. The van der Waals surface area contributed by atoms with Gasteiger partial charge in [-0.1, -0.05) is 17.7 Å². The minimum absolute atomic E-state index is 0.0373. The molecule has 0 aliphatic heterocycles. The van der Waals surface area contributed by atoms with E-state index in [4.69, 9.17) is 9.47 Å². The fourth-order valence-corrected chi connectivity index (χ4v) is 4.42. The van der Waals surface area contributed by atoms with Gasteiger partial charge in [0.05, 0.1) is 5.69 Å². The van der Waals surface area contributed by atoms with Crippen molar-refractivity contribution in [1.29, 1.82) is 0 Å². The van der Waals surface area contributed by atoms with Gasteiger partial charge in [0.15, 0.2) is 11.6 Å². The van der Waals surface area contributed by atoms with Gasteiger partial charge < -0.3 is 9.47 Å². The van der Waals surface area contributed by atoms with E-state index < -0.39 is 5.97 Å². The number of hydrogen-bond acceptors (Lipinski definition) is 6. The molecule has 140 valence electrons. The standard InChI is InChI=1S/C20H20N2O4S/c1-13-6-8-15(9-7-13)25-12-19(24)26-11-14-10-18(23)22-16-4-2-3-5-17(16)27-20(22)21-14/h6-10H,2-5,11-12H2,1H3. The molecule has 1 aliphatic rings. The van der Waals surface area contributed by atoms with Gasteiger partial charge in [0.25, 0.3) is 5.56 Å². The number of rotatable bonds is 5. The van der Waals surface area contributed by atoms with Crippen LogP contribution >= 0.6 is 11.3 Å². The molecule has 0 saturated carbocycles. The fourth-order valence-electron chi connectivity index (χ4n) is 3.19. The van der Waals surface area contributed by atoms with Crippen LogP contribution in [0.2, 0.25) is 0 Å². The molecule has 0 spiro atoms. The zero-order chi connectivity index (χ0) is 18.8. The Morgan fingerprint density at radius 3 is 2.81 bits per heavy atom. The van der Waals surface area contributed by atoms with E-state index in [1.165, 1.54) is 10.9 Å². The molecular formula is C20H20N2O4S. The SMILES string of the molecule is Cc1ccc(OCC(=O)OCc2cc(=O)n3c4c(sc3n2)CCCC4)cc1. The monoisotopic (exact) mass is 384 g/mol. The van der Waals surface area contributed by atoms with E-state index in [1.54, 1.807) is 27.9 Å². The molecular weight excluding hydrogens is 364 g/mol. The predicted molar refractivity (Wildman–Crippen MR) is 102 cm³/mol. The second-order valence-corrected chi connectivity index (χ2v) is 7.71. The summed E-state index contributed by atoms with van der Waals surface area (Å²) in [5.41, 5.74) is 2.56. The molecule has 0 fully saturated rings. The van der Waals surface area contributed by atoms with E-state index in [2.05, 4.69) is 4.98 Å². The molecule has 0 bridgehead atoms. The molecule has 0 saturated heterocycles. The number of thiazole rings is 1. The van der Waals surface area contributed by atoms with Gasteiger partial charge in [-0.2, -0.15) is 0 Å². The Hall–Kier alpha value is -2.67. The molecule has 0 amide bonds. The lowest BCUT2D eigenvalue weighted by atomic mass is 10.0. The summed E-state index contributed by atoms with van der Waals surface area (Å²) in [4.78, 5) is 30.8. The second kappa shape index (κ2) is 7.52. The van der Waals surface area contributed by atoms with Gasteiger partial charge in [-0.25, -0.2) is 9.78 Å². The molecule has 2 heterocycles. The fraction of sp³-hybridized carbons (Fsp3) is 0.350. The lowest BCUT2D eigenvalue weighted by Gasteiger charge is -2.10. The molecule has 4 rings (SSSR count). The highest BCUT2D eigenvalue weighted by atomic mass is 32.1. The summed E-state index contributed by atoms with van der Waals surface area (Å²) in [6.07, 6.45) is 4.18. The van der Waals surface area contributed by atoms with Crippen LogP contribution in [0.25, 0.3) is 4.96 Å². The van der Waals surface area contributed by atoms with Crippen LogP contribution in [0.1, 0.15) is 34.7 Å². The van der Waals surface area contributed by atoms with Crippen molar-refractivity contribution in [1.82, 2.24) is 9.38 Å². The number of aryl methyl sites for hydroxylation is 3. The molecule has 27 heavy (non-hydrogen) atoms. The maximum atomic E-state index is 12.5. The number of benzene rings is 1. The molecule has 7 heteroatoms. The molecule has 0 unspecified atom stereocenters. The van der Waals surface area contributed by atoms with Crippen LogP contribution in [0.4, 0.5) is 0 Å². The van der Waals surface area contributed by atoms with Crippen LogP contribution in [-0.2, 0) is 29.0 Å². The predicted octanol–water partition coefficient (Wildman–Crippen LogP) is 3.07. The molecule has 6 nitrogen and oxygen atoms in total. The van der Waals surface area contributed by atoms with Crippen LogP contribution < -0.4 is 10.3 Å². The highest BCUT2D eigenvalue weighted by Crippen LogP contribution is 2.28. The first-order valence-corrected chi connectivity index (χ1v) is 9.80. The van der Waals surface area contributed by atoms with Gasteiger partial charge in [-0.15, -0.1) is 11.3 Å². The largest absolute Gasteiger partial charge is 0.482 e. The average molecular weight is 384 g/mol. The van der Waals surface area contributed by atoms with Crippen molar-refractivity contribution in [2.75, 3.05) is 6.61 Å². The van der Waals surface area contributed by atoms with Gasteiger partial charge >= 0.3 is 5.97 Å². The zero-order valence-electron chi connectivity index (χ0n) is 15.1. The Bertz CT molecular complexity index is 1040. The smallest absolute Gasteiger partial charge is 0.344 e. The third-order valence-corrected chi connectivity index (χ3v) is 5.72. The minimum Gasteiger partial charge on any atom is -0.482 e. The van der Waals surface area contributed by atoms with Crippen molar-refractivity contribution < 1.29 is 14.3 Å². The summed E-state index contributed by atoms with van der Waals surface area (Å²) in [6.45, 7) is 1.76. The molecule has 3 aromatic rings. The Kier molecular flexibility index (Phi) is 4.94. The highest BCUT2D eigenvalue weighted by molar-refractivity contribution is 7.17. The van der Waals surface area contributed by atoms with E-state index in [1.807, 2.05) is 19.1 Å². The third kappa shape index (κ3) is 3.88. The Morgan fingerprint density at radius 1 is 1.22 bits per heavy atom. The molecule has 1 aromatic carbocycles. The first-order chi connectivity index (χ1) is 13.1. The number of fused-ring (bicyclic) bond motifs is 3. The summed E-state index contributed by atoms with van der Waals surface area (Å²) in [7, 11) is 0. The van der Waals surface area contributed by atoms with Crippen molar-refractivity contribution in [3.63, 3.8) is 0 Å². The quantitative estimate of drug-likeness (QED) is 0.633. The van der Waals surface area contributed by atoms with E-state index in [9.17, 15) is 9.59 Å². The van der Waals surface area contributed by atoms with Crippen LogP contribution in [0.3, 0.4) is 0 Å². The Labute approximate surface area is 160 Å². The van der Waals surface area contributed by atoms with E-state index in [0.29, 0.717) is 16.4 Å². The summed E-state index contributed by atoms with van der Waals surface area (Å²) >= 11 is 1.56. The van der Waals surface area contributed by atoms with Crippen LogP contribution in [0.15, 0.2) is 35.1 Å². The lowest BCUT2D eigenvalue weighted by molar-refractivity contribution is -0.147. The lowest BCUT2D eigenvalue weighted by Crippen LogP contribution is -2.19. The summed E-state index contributed by atoms with van der Waals surface area (Å²) < 4.78 is 12.3. The van der Waals surface area contributed by atoms with Gasteiger partial charge in [0, 0.05) is 16.6 Å². The zero-order valence-corrected chi connectivity index (χ0v) is 15.9. The van der Waals surface area contributed by atoms with Crippen molar-refractivity contribution in [2.45, 2.75) is 39.2 Å². The Morgan fingerprint density at radius 2 is 2.00 bits per heavy atom. The first kappa shape index (κ1) is 17.7. The number of ether oxygens (including phenoxy) is 2. The third-order valence-electron chi connectivity index (χ3n) is 4.57. The molecule has 0 atom stereocenters. The number of carbonyl (C=O) groups excluding carboxylic acids is 1. The molecule has 0 N–H and O–H groups in total. The van der Waals surface area contributed by atoms with Crippen LogP contribution in [-0.4, -0.2) is 22.0 Å². The molecule has 0 radical (unpaired) electrons. The van der Waals surface area contributed by atoms with Crippen LogP contribution in [0.5, 0.6) is 5.75 Å². The maximum absolute atomic E-state index is 12.5. The molecule has 1 aliphatic carbocycles. The first-order valence-electron chi connectivity index (χ1n) is 8.98. The van der Waals surface area contributed by atoms with Gasteiger partial charge in [-0.3, -0.25) is 9.20 Å². The average Bonchev–Trinajstić information content (AvgIpc) is 3.05. The normalized spacial score (nSPS) is 13.4.